The first-order valence-corrected chi connectivity index (χ1v) is 7.10. The second-order valence-electron chi connectivity index (χ2n) is 4.90. The summed E-state index contributed by atoms with van der Waals surface area (Å²) in [6.45, 7) is 6.51. The van der Waals surface area contributed by atoms with E-state index >= 15 is 0 Å². The zero-order valence-electron chi connectivity index (χ0n) is 11.8. The Kier molecular flexibility index (Phi) is 3.80. The van der Waals surface area contributed by atoms with E-state index < -0.39 is 0 Å². The van der Waals surface area contributed by atoms with Gasteiger partial charge in [0.25, 0.3) is 5.89 Å². The lowest BCUT2D eigenvalue weighted by atomic mass is 10.1. The summed E-state index contributed by atoms with van der Waals surface area (Å²) in [7, 11) is 0. The number of rotatable bonds is 5. The predicted molar refractivity (Wildman–Crippen MR) is 74.9 cm³/mol. The van der Waals surface area contributed by atoms with E-state index in [4.69, 9.17) is 9.26 Å². The van der Waals surface area contributed by atoms with Crippen molar-refractivity contribution < 1.29 is 9.26 Å². The molecule has 2 aromatic rings. The third-order valence-electron chi connectivity index (χ3n) is 3.55. The van der Waals surface area contributed by atoms with Crippen LogP contribution < -0.4 is 5.32 Å². The molecular formula is C15H19N3O2. The topological polar surface area (TPSA) is 60.2 Å². The Morgan fingerprint density at radius 3 is 2.95 bits per heavy atom. The summed E-state index contributed by atoms with van der Waals surface area (Å²) >= 11 is 0. The standard InChI is InChI=1S/C15H19N3O2/c1-3-13(19-4-2)14-17-15(20-18-14)10-5-6-11-8-16-9-12(11)7-10/h5-7,13,16H,3-4,8-9H2,1-2H3. The molecule has 5 heteroatoms. The van der Waals surface area contributed by atoms with Crippen molar-refractivity contribution in [3.8, 4) is 11.5 Å². The normalized spacial score (nSPS) is 15.3. The fourth-order valence-corrected chi connectivity index (χ4v) is 2.49. The Hall–Kier alpha value is -1.72. The second kappa shape index (κ2) is 5.73. The van der Waals surface area contributed by atoms with Crippen LogP contribution in [0.5, 0.6) is 0 Å². The van der Waals surface area contributed by atoms with Crippen LogP contribution in [0.3, 0.4) is 0 Å². The van der Waals surface area contributed by atoms with Crippen molar-refractivity contribution in [2.24, 2.45) is 0 Å². The highest BCUT2D eigenvalue weighted by Gasteiger charge is 2.19. The highest BCUT2D eigenvalue weighted by Crippen LogP contribution is 2.26. The van der Waals surface area contributed by atoms with Crippen molar-refractivity contribution in [3.05, 3.63) is 35.2 Å². The molecule has 3 rings (SSSR count). The molecule has 0 saturated carbocycles. The lowest BCUT2D eigenvalue weighted by molar-refractivity contribution is 0.0518. The minimum Gasteiger partial charge on any atom is -0.370 e. The number of benzene rings is 1. The quantitative estimate of drug-likeness (QED) is 0.907. The van der Waals surface area contributed by atoms with Crippen molar-refractivity contribution in [2.45, 2.75) is 39.5 Å². The molecule has 0 saturated heterocycles. The van der Waals surface area contributed by atoms with Gasteiger partial charge in [-0.1, -0.05) is 18.1 Å². The summed E-state index contributed by atoms with van der Waals surface area (Å²) in [4.78, 5) is 4.47. The SMILES string of the molecule is CCOC(CC)c1noc(-c2ccc3c(c2)CNC3)n1. The number of ether oxygens (including phenoxy) is 1. The second-order valence-corrected chi connectivity index (χ2v) is 4.90. The van der Waals surface area contributed by atoms with E-state index in [0.717, 1.165) is 25.1 Å². The highest BCUT2D eigenvalue weighted by atomic mass is 16.5. The Balaban J connectivity index is 1.86. The van der Waals surface area contributed by atoms with Crippen LogP contribution in [0.2, 0.25) is 0 Å². The molecule has 1 unspecified atom stereocenters. The molecule has 1 aliphatic rings. The molecular weight excluding hydrogens is 254 g/mol. The van der Waals surface area contributed by atoms with Gasteiger partial charge in [0, 0.05) is 25.3 Å². The van der Waals surface area contributed by atoms with Crippen molar-refractivity contribution in [2.75, 3.05) is 6.61 Å². The van der Waals surface area contributed by atoms with Crippen LogP contribution >= 0.6 is 0 Å². The largest absolute Gasteiger partial charge is 0.370 e. The van der Waals surface area contributed by atoms with Crippen molar-refractivity contribution in [3.63, 3.8) is 0 Å². The van der Waals surface area contributed by atoms with Gasteiger partial charge in [-0.15, -0.1) is 0 Å². The van der Waals surface area contributed by atoms with E-state index in [-0.39, 0.29) is 6.10 Å². The number of aromatic nitrogens is 2. The monoisotopic (exact) mass is 273 g/mol. The minimum atomic E-state index is -0.0893. The Morgan fingerprint density at radius 2 is 2.15 bits per heavy atom. The fraction of sp³-hybridized carbons (Fsp3) is 0.467. The molecule has 0 amide bonds. The Bertz CT molecular complexity index is 595. The van der Waals surface area contributed by atoms with Gasteiger partial charge in [0.15, 0.2) is 0 Å². The first-order chi connectivity index (χ1) is 9.81. The number of nitrogens with one attached hydrogen (secondary N) is 1. The summed E-state index contributed by atoms with van der Waals surface area (Å²) in [6, 6.07) is 6.27. The van der Waals surface area contributed by atoms with E-state index in [2.05, 4.69) is 34.5 Å². The molecule has 0 spiro atoms. The smallest absolute Gasteiger partial charge is 0.258 e. The average molecular weight is 273 g/mol. The maximum absolute atomic E-state index is 5.61. The van der Waals surface area contributed by atoms with Crippen LogP contribution in [-0.4, -0.2) is 16.7 Å². The molecule has 2 heterocycles. The van der Waals surface area contributed by atoms with Gasteiger partial charge in [-0.25, -0.2) is 0 Å². The van der Waals surface area contributed by atoms with E-state index in [1.807, 2.05) is 13.0 Å². The predicted octanol–water partition coefficient (Wildman–Crippen LogP) is 2.83. The van der Waals surface area contributed by atoms with Gasteiger partial charge < -0.3 is 14.6 Å². The van der Waals surface area contributed by atoms with Gasteiger partial charge >= 0.3 is 0 Å². The molecule has 1 aromatic carbocycles. The van der Waals surface area contributed by atoms with Crippen molar-refractivity contribution in [1.29, 1.82) is 0 Å². The third-order valence-corrected chi connectivity index (χ3v) is 3.55. The summed E-state index contributed by atoms with van der Waals surface area (Å²) in [5.74, 6) is 1.19. The molecule has 106 valence electrons. The zero-order chi connectivity index (χ0) is 13.9. The molecule has 5 nitrogen and oxygen atoms in total. The van der Waals surface area contributed by atoms with E-state index in [9.17, 15) is 0 Å². The molecule has 1 N–H and O–H groups in total. The van der Waals surface area contributed by atoms with Crippen LogP contribution in [0.1, 0.15) is 43.3 Å². The number of hydrogen-bond donors (Lipinski definition) is 1. The Morgan fingerprint density at radius 1 is 1.30 bits per heavy atom. The fourth-order valence-electron chi connectivity index (χ4n) is 2.49. The van der Waals surface area contributed by atoms with Gasteiger partial charge in [0.1, 0.15) is 6.10 Å². The van der Waals surface area contributed by atoms with E-state index in [1.165, 1.54) is 11.1 Å². The van der Waals surface area contributed by atoms with Crippen LogP contribution in [-0.2, 0) is 17.8 Å². The molecule has 1 atom stereocenters. The lowest BCUT2D eigenvalue weighted by Gasteiger charge is -2.09. The molecule has 20 heavy (non-hydrogen) atoms. The third kappa shape index (κ3) is 2.46. The molecule has 0 bridgehead atoms. The number of fused-ring (bicyclic) bond motifs is 1. The highest BCUT2D eigenvalue weighted by molar-refractivity contribution is 5.56. The molecule has 1 aliphatic heterocycles. The van der Waals surface area contributed by atoms with Gasteiger partial charge in [-0.2, -0.15) is 4.98 Å². The number of nitrogens with zero attached hydrogens (tertiary/aromatic N) is 2. The van der Waals surface area contributed by atoms with E-state index in [0.29, 0.717) is 18.3 Å². The summed E-state index contributed by atoms with van der Waals surface area (Å²) in [5.41, 5.74) is 3.62. The first kappa shape index (κ1) is 13.3. The molecule has 0 fully saturated rings. The first-order valence-electron chi connectivity index (χ1n) is 7.10. The summed E-state index contributed by atoms with van der Waals surface area (Å²) in [6.07, 6.45) is 0.745. The Labute approximate surface area is 118 Å². The van der Waals surface area contributed by atoms with Crippen LogP contribution in [0, 0.1) is 0 Å². The molecule has 1 aromatic heterocycles. The van der Waals surface area contributed by atoms with E-state index in [1.54, 1.807) is 0 Å². The minimum absolute atomic E-state index is 0.0893. The van der Waals surface area contributed by atoms with Gasteiger partial charge in [0.2, 0.25) is 5.82 Å². The van der Waals surface area contributed by atoms with Crippen molar-refractivity contribution >= 4 is 0 Å². The number of hydrogen-bond acceptors (Lipinski definition) is 5. The van der Waals surface area contributed by atoms with Crippen LogP contribution in [0.15, 0.2) is 22.7 Å². The maximum atomic E-state index is 5.61. The van der Waals surface area contributed by atoms with Gasteiger partial charge in [-0.3, -0.25) is 0 Å². The van der Waals surface area contributed by atoms with Gasteiger partial charge in [0.05, 0.1) is 0 Å². The van der Waals surface area contributed by atoms with Crippen LogP contribution in [0.25, 0.3) is 11.5 Å². The maximum Gasteiger partial charge on any atom is 0.258 e. The van der Waals surface area contributed by atoms with Crippen LogP contribution in [0.4, 0.5) is 0 Å². The molecule has 0 radical (unpaired) electrons. The van der Waals surface area contributed by atoms with Crippen molar-refractivity contribution in [1.82, 2.24) is 15.5 Å². The summed E-state index contributed by atoms with van der Waals surface area (Å²) in [5, 5.41) is 7.38. The lowest BCUT2D eigenvalue weighted by Crippen LogP contribution is -2.04. The molecule has 0 aliphatic carbocycles. The zero-order valence-corrected chi connectivity index (χ0v) is 11.8. The summed E-state index contributed by atoms with van der Waals surface area (Å²) < 4.78 is 11.0. The average Bonchev–Trinajstić information content (AvgIpc) is 3.12. The van der Waals surface area contributed by atoms with Gasteiger partial charge in [-0.05, 0) is 36.6 Å².